The third-order valence-electron chi connectivity index (χ3n) is 4.61. The molecule has 0 fully saturated rings. The van der Waals surface area contributed by atoms with Gasteiger partial charge in [-0.3, -0.25) is 4.79 Å². The first-order valence-corrected chi connectivity index (χ1v) is 9.69. The minimum atomic E-state index is -1.32. The molecule has 5 heteroatoms. The zero-order valence-corrected chi connectivity index (χ0v) is 16.9. The first-order valence-electron chi connectivity index (χ1n) is 9.69. The van der Waals surface area contributed by atoms with E-state index in [0.29, 0.717) is 12.0 Å². The number of rotatable bonds is 7. The summed E-state index contributed by atoms with van der Waals surface area (Å²) in [5.41, 5.74) is 0.319. The maximum Gasteiger partial charge on any atom is 0.345 e. The lowest BCUT2D eigenvalue weighted by Gasteiger charge is -2.30. The number of hydrogen-bond donors (Lipinski definition) is 0. The van der Waals surface area contributed by atoms with E-state index in [0.717, 1.165) is 5.56 Å². The highest BCUT2D eigenvalue weighted by atomic mass is 16.6. The molecule has 2 aromatic rings. The van der Waals surface area contributed by atoms with Gasteiger partial charge < -0.3 is 9.47 Å². The Morgan fingerprint density at radius 1 is 1.10 bits per heavy atom. The van der Waals surface area contributed by atoms with Crippen molar-refractivity contribution in [1.29, 1.82) is 0 Å². The Morgan fingerprint density at radius 2 is 1.72 bits per heavy atom. The summed E-state index contributed by atoms with van der Waals surface area (Å²) in [5, 5.41) is 0. The summed E-state index contributed by atoms with van der Waals surface area (Å²) in [6.45, 7) is 5.32. The van der Waals surface area contributed by atoms with Crippen molar-refractivity contribution in [3.05, 3.63) is 77.9 Å². The molecule has 0 saturated heterocycles. The van der Waals surface area contributed by atoms with Gasteiger partial charge in [-0.2, -0.15) is 0 Å². The summed E-state index contributed by atoms with van der Waals surface area (Å²) in [5.74, 6) is -0.605. The highest BCUT2D eigenvalue weighted by Crippen LogP contribution is 2.35. The number of carbonyl (C=O) groups is 2. The summed E-state index contributed by atoms with van der Waals surface area (Å²) < 4.78 is 11.1. The number of hydrogen-bond acceptors (Lipinski definition) is 5. The molecule has 3 rings (SSSR count). The Morgan fingerprint density at radius 3 is 2.31 bits per heavy atom. The third kappa shape index (κ3) is 4.80. The zero-order valence-electron chi connectivity index (χ0n) is 16.9. The number of nitrogens with zero attached hydrogens (tertiary/aromatic N) is 1. The number of ether oxygens (including phenoxy) is 2. The van der Waals surface area contributed by atoms with Crippen molar-refractivity contribution in [3.63, 3.8) is 0 Å². The summed E-state index contributed by atoms with van der Waals surface area (Å²) in [7, 11) is 0. The first-order chi connectivity index (χ1) is 13.9. The van der Waals surface area contributed by atoms with Gasteiger partial charge in [-0.15, -0.1) is 0 Å². The van der Waals surface area contributed by atoms with Gasteiger partial charge in [0.05, 0.1) is 0 Å². The molecule has 0 aromatic heterocycles. The Kier molecular flexibility index (Phi) is 6.27. The molecule has 0 aliphatic carbocycles. The molecule has 150 valence electrons. The highest BCUT2D eigenvalue weighted by molar-refractivity contribution is 6.08. The maximum atomic E-state index is 13.1. The van der Waals surface area contributed by atoms with E-state index in [1.165, 1.54) is 6.92 Å². The molecule has 1 heterocycles. The van der Waals surface area contributed by atoms with Crippen LogP contribution in [0.1, 0.15) is 38.3 Å². The molecule has 0 amide bonds. The Labute approximate surface area is 171 Å². The molecular formula is C24H25NO4. The number of esters is 2. The molecule has 2 aromatic carbocycles. The SMILES string of the molecule is CC(=O)O[C@H](C=Cc1ccccc1)[C@@]1(CC(C)C)N=C(c2ccccc2)OC1=O. The number of cyclic esters (lactones) is 1. The molecule has 0 bridgehead atoms. The molecule has 0 saturated carbocycles. The van der Waals surface area contributed by atoms with Crippen LogP contribution in [0.5, 0.6) is 0 Å². The second-order valence-electron chi connectivity index (χ2n) is 7.49. The Hall–Kier alpha value is -3.21. The molecule has 5 nitrogen and oxygen atoms in total. The first kappa shape index (κ1) is 20.5. The van der Waals surface area contributed by atoms with Crippen LogP contribution < -0.4 is 0 Å². The molecule has 0 N–H and O–H groups in total. The minimum absolute atomic E-state index is 0.129. The monoisotopic (exact) mass is 391 g/mol. The Balaban J connectivity index is 2.05. The van der Waals surface area contributed by atoms with E-state index in [1.807, 2.05) is 80.6 Å². The fourth-order valence-corrected chi connectivity index (χ4v) is 3.41. The van der Waals surface area contributed by atoms with Gasteiger partial charge >= 0.3 is 11.9 Å². The third-order valence-corrected chi connectivity index (χ3v) is 4.61. The number of carbonyl (C=O) groups excluding carboxylic acids is 2. The quantitative estimate of drug-likeness (QED) is 0.656. The summed E-state index contributed by atoms with van der Waals surface area (Å²) >= 11 is 0. The average molecular weight is 391 g/mol. The van der Waals surface area contributed by atoms with Gasteiger partial charge in [0.1, 0.15) is 0 Å². The van der Waals surface area contributed by atoms with Gasteiger partial charge in [0.25, 0.3) is 0 Å². The summed E-state index contributed by atoms with van der Waals surface area (Å²) in [4.78, 5) is 29.6. The lowest BCUT2D eigenvalue weighted by Crippen LogP contribution is -2.48. The van der Waals surface area contributed by atoms with Crippen LogP contribution in [0.15, 0.2) is 71.7 Å². The largest absolute Gasteiger partial charge is 0.455 e. The van der Waals surface area contributed by atoms with Crippen LogP contribution in [0.2, 0.25) is 0 Å². The van der Waals surface area contributed by atoms with E-state index in [2.05, 4.69) is 0 Å². The van der Waals surface area contributed by atoms with E-state index >= 15 is 0 Å². The molecule has 0 radical (unpaired) electrons. The van der Waals surface area contributed by atoms with Gasteiger partial charge in [-0.1, -0.05) is 68.5 Å². The van der Waals surface area contributed by atoms with Crippen LogP contribution in [0, 0.1) is 5.92 Å². The fourth-order valence-electron chi connectivity index (χ4n) is 3.41. The second-order valence-corrected chi connectivity index (χ2v) is 7.49. The molecule has 29 heavy (non-hydrogen) atoms. The van der Waals surface area contributed by atoms with Crippen LogP contribution in [0.25, 0.3) is 6.08 Å². The van der Waals surface area contributed by atoms with E-state index in [-0.39, 0.29) is 11.8 Å². The lowest BCUT2D eigenvalue weighted by atomic mass is 9.84. The van der Waals surface area contributed by atoms with Crippen LogP contribution in [0.4, 0.5) is 0 Å². The highest BCUT2D eigenvalue weighted by Gasteiger charge is 2.53. The number of benzene rings is 2. The topological polar surface area (TPSA) is 65.0 Å². The second kappa shape index (κ2) is 8.86. The fraction of sp³-hybridized carbons (Fsp3) is 0.292. The van der Waals surface area contributed by atoms with Crippen molar-refractivity contribution < 1.29 is 19.1 Å². The van der Waals surface area contributed by atoms with Crippen LogP contribution in [0.3, 0.4) is 0 Å². The van der Waals surface area contributed by atoms with Crippen molar-refractivity contribution in [2.45, 2.75) is 38.8 Å². The summed E-state index contributed by atoms with van der Waals surface area (Å²) in [6, 6.07) is 18.9. The zero-order chi connectivity index (χ0) is 20.9. The van der Waals surface area contributed by atoms with Crippen molar-refractivity contribution in [2.24, 2.45) is 10.9 Å². The van der Waals surface area contributed by atoms with E-state index in [1.54, 1.807) is 6.08 Å². The van der Waals surface area contributed by atoms with Crippen molar-refractivity contribution >= 4 is 23.9 Å². The predicted octanol–water partition coefficient (Wildman–Crippen LogP) is 4.42. The van der Waals surface area contributed by atoms with Crippen molar-refractivity contribution in [1.82, 2.24) is 0 Å². The predicted molar refractivity (Wildman–Crippen MR) is 112 cm³/mol. The van der Waals surface area contributed by atoms with Gasteiger partial charge in [0.2, 0.25) is 11.4 Å². The van der Waals surface area contributed by atoms with E-state index in [4.69, 9.17) is 14.5 Å². The van der Waals surface area contributed by atoms with Gasteiger partial charge in [-0.05, 0) is 36.1 Å². The van der Waals surface area contributed by atoms with Gasteiger partial charge in [0.15, 0.2) is 6.10 Å². The molecular weight excluding hydrogens is 366 g/mol. The van der Waals surface area contributed by atoms with Crippen molar-refractivity contribution in [2.75, 3.05) is 0 Å². The molecule has 2 atom stereocenters. The number of aliphatic imine (C=N–C) groups is 1. The maximum absolute atomic E-state index is 13.1. The van der Waals surface area contributed by atoms with Crippen LogP contribution in [-0.4, -0.2) is 29.5 Å². The van der Waals surface area contributed by atoms with Crippen LogP contribution in [-0.2, 0) is 19.1 Å². The Bertz CT molecular complexity index is 918. The molecule has 1 aliphatic heterocycles. The van der Waals surface area contributed by atoms with Gasteiger partial charge in [0, 0.05) is 12.5 Å². The molecule has 0 spiro atoms. The summed E-state index contributed by atoms with van der Waals surface area (Å²) in [6.07, 6.45) is 3.06. The van der Waals surface area contributed by atoms with Gasteiger partial charge in [-0.25, -0.2) is 9.79 Å². The normalized spacial score (nSPS) is 19.9. The van der Waals surface area contributed by atoms with Crippen LogP contribution >= 0.6 is 0 Å². The lowest BCUT2D eigenvalue weighted by molar-refractivity contribution is -0.153. The average Bonchev–Trinajstić information content (AvgIpc) is 3.03. The minimum Gasteiger partial charge on any atom is -0.455 e. The molecule has 0 unspecified atom stereocenters. The standard InChI is InChI=1S/C24H25NO4/c1-17(2)16-24(23(27)29-22(25-24)20-12-8-5-9-13-20)21(28-18(3)26)15-14-19-10-6-4-7-11-19/h4-15,17,21H,16H2,1-3H3/t21-,24-/m1/s1. The van der Waals surface area contributed by atoms with Crippen molar-refractivity contribution in [3.8, 4) is 0 Å². The van der Waals surface area contributed by atoms with E-state index in [9.17, 15) is 9.59 Å². The molecule has 1 aliphatic rings. The smallest absolute Gasteiger partial charge is 0.345 e. The van der Waals surface area contributed by atoms with E-state index < -0.39 is 23.6 Å².